The standard InChI is InChI=1S/C11H16O3/c1-13-11(5-3-6-11)10(12)8-9-4-2-7-14-9/h2,4,7,10,12H,3,5-6,8H2,1H3. The Labute approximate surface area is 83.7 Å². The third kappa shape index (κ3) is 1.57. The molecule has 1 fully saturated rings. The van der Waals surface area contributed by atoms with E-state index in [0.29, 0.717) is 6.42 Å². The predicted molar refractivity (Wildman–Crippen MR) is 52.0 cm³/mol. The largest absolute Gasteiger partial charge is 0.469 e. The molecule has 0 amide bonds. The summed E-state index contributed by atoms with van der Waals surface area (Å²) in [5.41, 5.74) is -0.313. The van der Waals surface area contributed by atoms with Gasteiger partial charge in [0.2, 0.25) is 0 Å². The van der Waals surface area contributed by atoms with E-state index in [1.165, 1.54) is 0 Å². The first-order chi connectivity index (χ1) is 6.77. The Bertz CT molecular complexity index is 269. The summed E-state index contributed by atoms with van der Waals surface area (Å²) in [6.45, 7) is 0. The topological polar surface area (TPSA) is 42.6 Å². The van der Waals surface area contributed by atoms with Crippen LogP contribution in [0.4, 0.5) is 0 Å². The smallest absolute Gasteiger partial charge is 0.106 e. The fraction of sp³-hybridized carbons (Fsp3) is 0.636. The summed E-state index contributed by atoms with van der Waals surface area (Å²) in [6.07, 6.45) is 4.76. The fourth-order valence-corrected chi connectivity index (χ4v) is 2.00. The molecular weight excluding hydrogens is 180 g/mol. The van der Waals surface area contributed by atoms with Crippen LogP contribution < -0.4 is 0 Å². The Kier molecular flexibility index (Phi) is 2.61. The van der Waals surface area contributed by atoms with Crippen molar-refractivity contribution in [2.24, 2.45) is 0 Å². The van der Waals surface area contributed by atoms with Crippen LogP contribution in [0.3, 0.4) is 0 Å². The summed E-state index contributed by atoms with van der Waals surface area (Å²) in [7, 11) is 1.67. The van der Waals surface area contributed by atoms with Gasteiger partial charge >= 0.3 is 0 Å². The Morgan fingerprint density at radius 1 is 1.64 bits per heavy atom. The van der Waals surface area contributed by atoms with Gasteiger partial charge in [-0.15, -0.1) is 0 Å². The fourth-order valence-electron chi connectivity index (χ4n) is 2.00. The van der Waals surface area contributed by atoms with Gasteiger partial charge in [0.15, 0.2) is 0 Å². The van der Waals surface area contributed by atoms with Crippen LogP contribution in [0.2, 0.25) is 0 Å². The molecule has 0 aliphatic heterocycles. The van der Waals surface area contributed by atoms with Crippen LogP contribution in [0.5, 0.6) is 0 Å². The van der Waals surface area contributed by atoms with Crippen LogP contribution in [-0.2, 0) is 11.2 Å². The Balaban J connectivity index is 1.98. The lowest BCUT2D eigenvalue weighted by Gasteiger charge is -2.43. The Morgan fingerprint density at radius 3 is 2.86 bits per heavy atom. The highest BCUT2D eigenvalue weighted by Gasteiger charge is 2.43. The maximum atomic E-state index is 10.0. The molecule has 0 bridgehead atoms. The van der Waals surface area contributed by atoms with Gasteiger partial charge in [0, 0.05) is 13.5 Å². The Hall–Kier alpha value is -0.800. The van der Waals surface area contributed by atoms with Crippen LogP contribution in [0, 0.1) is 0 Å². The van der Waals surface area contributed by atoms with Crippen molar-refractivity contribution in [3.8, 4) is 0 Å². The highest BCUT2D eigenvalue weighted by Crippen LogP contribution is 2.39. The van der Waals surface area contributed by atoms with Crippen LogP contribution in [0.1, 0.15) is 25.0 Å². The molecule has 1 unspecified atom stereocenters. The van der Waals surface area contributed by atoms with E-state index in [9.17, 15) is 5.11 Å². The second-order valence-electron chi connectivity index (χ2n) is 3.92. The van der Waals surface area contributed by atoms with Gasteiger partial charge in [0.05, 0.1) is 18.0 Å². The predicted octanol–water partition coefficient (Wildman–Crippen LogP) is 1.75. The first-order valence-electron chi connectivity index (χ1n) is 5.02. The SMILES string of the molecule is COC1(C(O)Cc2ccco2)CCC1. The van der Waals surface area contributed by atoms with Gasteiger partial charge in [0.25, 0.3) is 0 Å². The van der Waals surface area contributed by atoms with Gasteiger partial charge in [-0.1, -0.05) is 0 Å². The molecule has 3 heteroatoms. The van der Waals surface area contributed by atoms with Crippen molar-refractivity contribution in [1.82, 2.24) is 0 Å². The van der Waals surface area contributed by atoms with Gasteiger partial charge < -0.3 is 14.3 Å². The number of ether oxygens (including phenoxy) is 1. The van der Waals surface area contributed by atoms with E-state index in [2.05, 4.69) is 0 Å². The third-order valence-electron chi connectivity index (χ3n) is 3.19. The zero-order valence-corrected chi connectivity index (χ0v) is 8.40. The van der Waals surface area contributed by atoms with Crippen molar-refractivity contribution in [3.63, 3.8) is 0 Å². The number of hydrogen-bond donors (Lipinski definition) is 1. The van der Waals surface area contributed by atoms with E-state index in [1.54, 1.807) is 13.4 Å². The number of aliphatic hydroxyl groups excluding tert-OH is 1. The molecule has 1 heterocycles. The summed E-state index contributed by atoms with van der Waals surface area (Å²) in [5, 5.41) is 10.0. The van der Waals surface area contributed by atoms with Crippen LogP contribution >= 0.6 is 0 Å². The number of methoxy groups -OCH3 is 1. The number of aliphatic hydroxyl groups is 1. The van der Waals surface area contributed by atoms with Gasteiger partial charge in [-0.25, -0.2) is 0 Å². The van der Waals surface area contributed by atoms with Crippen LogP contribution in [0.25, 0.3) is 0 Å². The average Bonchev–Trinajstić information content (AvgIpc) is 2.55. The Morgan fingerprint density at radius 2 is 2.43 bits per heavy atom. The van der Waals surface area contributed by atoms with Crippen molar-refractivity contribution >= 4 is 0 Å². The summed E-state index contributed by atoms with van der Waals surface area (Å²) < 4.78 is 10.6. The molecule has 78 valence electrons. The van der Waals surface area contributed by atoms with Crippen LogP contribution in [0.15, 0.2) is 22.8 Å². The lowest BCUT2D eigenvalue weighted by atomic mass is 9.74. The van der Waals surface area contributed by atoms with Crippen LogP contribution in [-0.4, -0.2) is 23.9 Å². The van der Waals surface area contributed by atoms with E-state index in [4.69, 9.17) is 9.15 Å². The summed E-state index contributed by atoms with van der Waals surface area (Å²) in [4.78, 5) is 0. The lowest BCUT2D eigenvalue weighted by molar-refractivity contribution is -0.149. The van der Waals surface area contributed by atoms with Gasteiger partial charge in [-0.05, 0) is 31.4 Å². The molecule has 1 aliphatic carbocycles. The van der Waals surface area contributed by atoms with Crippen molar-refractivity contribution in [2.45, 2.75) is 37.4 Å². The molecule has 0 spiro atoms. The maximum Gasteiger partial charge on any atom is 0.106 e. The number of hydrogen-bond acceptors (Lipinski definition) is 3. The summed E-state index contributed by atoms with van der Waals surface area (Å²) >= 11 is 0. The van der Waals surface area contributed by atoms with E-state index >= 15 is 0 Å². The molecule has 14 heavy (non-hydrogen) atoms. The normalized spacial score (nSPS) is 21.6. The highest BCUT2D eigenvalue weighted by atomic mass is 16.5. The molecule has 1 N–H and O–H groups in total. The summed E-state index contributed by atoms with van der Waals surface area (Å²) in [6, 6.07) is 3.72. The monoisotopic (exact) mass is 196 g/mol. The number of rotatable bonds is 4. The van der Waals surface area contributed by atoms with E-state index in [0.717, 1.165) is 25.0 Å². The maximum absolute atomic E-state index is 10.0. The molecule has 1 aliphatic rings. The number of furan rings is 1. The third-order valence-corrected chi connectivity index (χ3v) is 3.19. The quantitative estimate of drug-likeness (QED) is 0.797. The molecule has 1 saturated carbocycles. The minimum Gasteiger partial charge on any atom is -0.469 e. The first-order valence-corrected chi connectivity index (χ1v) is 5.02. The minimum absolute atomic E-state index is 0.313. The van der Waals surface area contributed by atoms with Crippen molar-refractivity contribution in [2.75, 3.05) is 7.11 Å². The van der Waals surface area contributed by atoms with E-state index in [-0.39, 0.29) is 5.60 Å². The second-order valence-corrected chi connectivity index (χ2v) is 3.92. The molecule has 0 radical (unpaired) electrons. The molecule has 0 aromatic carbocycles. The molecule has 2 rings (SSSR count). The average molecular weight is 196 g/mol. The minimum atomic E-state index is -0.451. The zero-order chi connectivity index (χ0) is 10.0. The van der Waals surface area contributed by atoms with Crippen molar-refractivity contribution in [3.05, 3.63) is 24.2 Å². The molecule has 0 saturated heterocycles. The van der Waals surface area contributed by atoms with Crippen molar-refractivity contribution < 1.29 is 14.3 Å². The molecule has 1 aromatic rings. The van der Waals surface area contributed by atoms with Gasteiger partial charge in [-0.3, -0.25) is 0 Å². The molecule has 3 nitrogen and oxygen atoms in total. The molecule has 1 aromatic heterocycles. The second kappa shape index (κ2) is 3.75. The zero-order valence-electron chi connectivity index (χ0n) is 8.40. The van der Waals surface area contributed by atoms with Gasteiger partial charge in [-0.2, -0.15) is 0 Å². The van der Waals surface area contributed by atoms with E-state index < -0.39 is 6.10 Å². The molecular formula is C11H16O3. The first kappa shape index (κ1) is 9.74. The van der Waals surface area contributed by atoms with Gasteiger partial charge in [0.1, 0.15) is 5.76 Å². The van der Waals surface area contributed by atoms with E-state index in [1.807, 2.05) is 12.1 Å². The lowest BCUT2D eigenvalue weighted by Crippen LogP contribution is -2.50. The van der Waals surface area contributed by atoms with Crippen molar-refractivity contribution in [1.29, 1.82) is 0 Å². The highest BCUT2D eigenvalue weighted by molar-refractivity contribution is 5.05. The molecule has 1 atom stereocenters. The summed E-state index contributed by atoms with van der Waals surface area (Å²) in [5.74, 6) is 0.820.